The van der Waals surface area contributed by atoms with Gasteiger partial charge >= 0.3 is 0 Å². The molecular formula is C26H30O2S. The van der Waals surface area contributed by atoms with Crippen molar-refractivity contribution in [1.82, 2.24) is 0 Å². The van der Waals surface area contributed by atoms with Crippen LogP contribution in [0.15, 0.2) is 52.0 Å². The lowest BCUT2D eigenvalue weighted by Crippen LogP contribution is -2.44. The van der Waals surface area contributed by atoms with Crippen LogP contribution >= 0.6 is 11.8 Å². The Hall–Kier alpha value is -1.32. The zero-order valence-electron chi connectivity index (χ0n) is 17.5. The Labute approximate surface area is 178 Å². The van der Waals surface area contributed by atoms with Crippen molar-refractivity contribution in [3.8, 4) is 0 Å². The normalized spacial score (nSPS) is 40.4. The minimum absolute atomic E-state index is 0.0629. The van der Waals surface area contributed by atoms with E-state index in [0.717, 1.165) is 31.1 Å². The monoisotopic (exact) mass is 406 g/mol. The molecule has 0 aromatic heterocycles. The van der Waals surface area contributed by atoms with E-state index in [1.807, 2.05) is 6.08 Å². The van der Waals surface area contributed by atoms with E-state index in [1.54, 1.807) is 22.9 Å². The first-order valence-corrected chi connectivity index (χ1v) is 12.6. The van der Waals surface area contributed by atoms with E-state index in [-0.39, 0.29) is 17.1 Å². The maximum absolute atomic E-state index is 11.9. The molecule has 2 unspecified atom stereocenters. The Morgan fingerprint density at radius 2 is 1.86 bits per heavy atom. The largest absolute Gasteiger partial charge is 0.360 e. The second-order valence-electron chi connectivity index (χ2n) is 10.0. The number of fused-ring (bicyclic) bond motifs is 5. The summed E-state index contributed by atoms with van der Waals surface area (Å²) in [4.78, 5) is 13.2. The van der Waals surface area contributed by atoms with Gasteiger partial charge in [-0.05, 0) is 98.0 Å². The molecule has 1 aliphatic heterocycles. The first kappa shape index (κ1) is 18.4. The maximum Gasteiger partial charge on any atom is 0.156 e. The lowest BCUT2D eigenvalue weighted by atomic mass is 9.55. The van der Waals surface area contributed by atoms with Crippen LogP contribution in [0.2, 0.25) is 0 Å². The van der Waals surface area contributed by atoms with Gasteiger partial charge in [0, 0.05) is 16.7 Å². The van der Waals surface area contributed by atoms with Crippen molar-refractivity contribution in [2.45, 2.75) is 74.9 Å². The van der Waals surface area contributed by atoms with Crippen molar-refractivity contribution in [3.63, 3.8) is 0 Å². The van der Waals surface area contributed by atoms with Gasteiger partial charge in [0.05, 0.1) is 0 Å². The van der Waals surface area contributed by atoms with Crippen LogP contribution < -0.4 is 0 Å². The molecule has 2 nitrogen and oxygen atoms in total. The average Bonchev–Trinajstić information content (AvgIpc) is 3.41. The van der Waals surface area contributed by atoms with Crippen molar-refractivity contribution in [2.75, 3.05) is 6.26 Å². The van der Waals surface area contributed by atoms with Crippen molar-refractivity contribution in [2.24, 2.45) is 17.3 Å². The molecule has 152 valence electrons. The molecule has 0 amide bonds. The molecule has 5 aliphatic rings. The third-order valence-electron chi connectivity index (χ3n) is 9.03. The van der Waals surface area contributed by atoms with Crippen molar-refractivity contribution in [1.29, 1.82) is 0 Å². The van der Waals surface area contributed by atoms with Crippen molar-refractivity contribution in [3.05, 3.63) is 52.6 Å². The van der Waals surface area contributed by atoms with E-state index in [4.69, 9.17) is 4.74 Å². The number of ether oxygens (including phenoxy) is 1. The minimum atomic E-state index is 0.0629. The Kier molecular flexibility index (Phi) is 4.03. The summed E-state index contributed by atoms with van der Waals surface area (Å²) in [6, 6.07) is 9.06. The van der Waals surface area contributed by atoms with E-state index in [1.165, 1.54) is 48.1 Å². The van der Waals surface area contributed by atoms with Gasteiger partial charge in [-0.1, -0.05) is 24.6 Å². The number of benzene rings is 1. The standard InChI is InChI=1S/C26H30O2S/c1-25-13-11-21-20-10-6-18(27)15-17(20)5-9-22(21)23(25)12-14-26(25)24(28-26)16-3-7-19(29-2)8-4-16/h3-4,7-8,15,22-24H,5-6,9-14H2,1-2H3/t22-,23+,24?,25+,26?/m1/s1. The summed E-state index contributed by atoms with van der Waals surface area (Å²) < 4.78 is 6.62. The van der Waals surface area contributed by atoms with Crippen LogP contribution in [-0.4, -0.2) is 17.6 Å². The topological polar surface area (TPSA) is 29.6 Å². The van der Waals surface area contributed by atoms with Crippen LogP contribution in [0.3, 0.4) is 0 Å². The quantitative estimate of drug-likeness (QED) is 0.419. The molecule has 0 radical (unpaired) electrons. The van der Waals surface area contributed by atoms with Gasteiger partial charge in [0.15, 0.2) is 5.78 Å². The second kappa shape index (κ2) is 6.34. The van der Waals surface area contributed by atoms with E-state index in [9.17, 15) is 4.79 Å². The summed E-state index contributed by atoms with van der Waals surface area (Å²) in [5, 5.41) is 0. The van der Waals surface area contributed by atoms with Gasteiger partial charge in [0.1, 0.15) is 11.7 Å². The molecule has 0 N–H and O–H groups in total. The first-order valence-electron chi connectivity index (χ1n) is 11.3. The third-order valence-corrected chi connectivity index (χ3v) is 9.77. The lowest BCUT2D eigenvalue weighted by Gasteiger charge is -2.48. The SMILES string of the molecule is CSc1ccc(C2OC23CC[C@H]2[C@@H]4CCC5=CC(=O)CCC5=C4CC[C@@]23C)cc1. The number of thioether (sulfide) groups is 1. The zero-order valence-corrected chi connectivity index (χ0v) is 18.3. The lowest BCUT2D eigenvalue weighted by molar-refractivity contribution is -0.114. The molecule has 1 spiro atoms. The van der Waals surface area contributed by atoms with Crippen LogP contribution in [-0.2, 0) is 9.53 Å². The van der Waals surface area contributed by atoms with Crippen LogP contribution in [0.4, 0.5) is 0 Å². The fraction of sp³-hybridized carbons (Fsp3) is 0.577. The fourth-order valence-corrected chi connectivity index (χ4v) is 7.89. The average molecular weight is 407 g/mol. The predicted octanol–water partition coefficient (Wildman–Crippen LogP) is 6.42. The Bertz CT molecular complexity index is 942. The number of allylic oxidation sites excluding steroid dienone is 4. The number of epoxide rings is 1. The highest BCUT2D eigenvalue weighted by Gasteiger charge is 2.73. The summed E-state index contributed by atoms with van der Waals surface area (Å²) >= 11 is 1.80. The molecular weight excluding hydrogens is 376 g/mol. The highest BCUT2D eigenvalue weighted by Crippen LogP contribution is 2.74. The van der Waals surface area contributed by atoms with Crippen LogP contribution in [0, 0.1) is 17.3 Å². The van der Waals surface area contributed by atoms with Crippen LogP contribution in [0.5, 0.6) is 0 Å². The third kappa shape index (κ3) is 2.50. The van der Waals surface area contributed by atoms with Gasteiger partial charge in [-0.3, -0.25) is 4.79 Å². The van der Waals surface area contributed by atoms with Gasteiger partial charge in [-0.25, -0.2) is 0 Å². The number of carbonyl (C=O) groups excluding carboxylic acids is 1. The molecule has 3 heteroatoms. The summed E-state index contributed by atoms with van der Waals surface area (Å²) in [5.41, 5.74) is 6.39. The number of hydrogen-bond acceptors (Lipinski definition) is 3. The Balaban J connectivity index is 1.31. The van der Waals surface area contributed by atoms with Crippen LogP contribution in [0.1, 0.15) is 70.0 Å². The molecule has 5 atom stereocenters. The number of ketones is 1. The second-order valence-corrected chi connectivity index (χ2v) is 10.9. The van der Waals surface area contributed by atoms with Gasteiger partial charge in [0.25, 0.3) is 0 Å². The molecule has 1 saturated heterocycles. The number of carbonyl (C=O) groups is 1. The fourth-order valence-electron chi connectivity index (χ4n) is 7.48. The molecule has 3 fully saturated rings. The zero-order chi connectivity index (χ0) is 19.8. The van der Waals surface area contributed by atoms with Crippen LogP contribution in [0.25, 0.3) is 0 Å². The molecule has 6 rings (SSSR count). The van der Waals surface area contributed by atoms with Gasteiger partial charge in [-0.15, -0.1) is 11.8 Å². The van der Waals surface area contributed by atoms with Gasteiger partial charge in [-0.2, -0.15) is 0 Å². The predicted molar refractivity (Wildman–Crippen MR) is 117 cm³/mol. The number of hydrogen-bond donors (Lipinski definition) is 0. The molecule has 29 heavy (non-hydrogen) atoms. The van der Waals surface area contributed by atoms with E-state index in [2.05, 4.69) is 37.4 Å². The van der Waals surface area contributed by atoms with Crippen molar-refractivity contribution >= 4 is 17.5 Å². The van der Waals surface area contributed by atoms with Gasteiger partial charge in [0.2, 0.25) is 0 Å². The Morgan fingerprint density at radius 3 is 2.66 bits per heavy atom. The minimum Gasteiger partial charge on any atom is -0.360 e. The number of rotatable bonds is 2. The van der Waals surface area contributed by atoms with E-state index >= 15 is 0 Å². The summed E-state index contributed by atoms with van der Waals surface area (Å²) in [7, 11) is 0. The van der Waals surface area contributed by atoms with E-state index < -0.39 is 0 Å². The molecule has 1 aromatic rings. The summed E-state index contributed by atoms with van der Waals surface area (Å²) in [6.45, 7) is 2.54. The van der Waals surface area contributed by atoms with Gasteiger partial charge < -0.3 is 4.74 Å². The van der Waals surface area contributed by atoms with E-state index in [0.29, 0.717) is 5.78 Å². The Morgan fingerprint density at radius 1 is 1.03 bits per heavy atom. The first-order chi connectivity index (χ1) is 14.1. The molecule has 2 saturated carbocycles. The molecule has 1 aromatic carbocycles. The molecule has 0 bridgehead atoms. The maximum atomic E-state index is 11.9. The molecule has 1 heterocycles. The smallest absolute Gasteiger partial charge is 0.156 e. The summed E-state index contributed by atoms with van der Waals surface area (Å²) in [5.74, 6) is 1.80. The highest BCUT2D eigenvalue weighted by atomic mass is 32.2. The molecule has 4 aliphatic carbocycles. The highest BCUT2D eigenvalue weighted by molar-refractivity contribution is 7.98. The summed E-state index contributed by atoms with van der Waals surface area (Å²) in [6.07, 6.45) is 13.4. The van der Waals surface area contributed by atoms with Crippen molar-refractivity contribution < 1.29 is 9.53 Å².